The van der Waals surface area contributed by atoms with E-state index < -0.39 is 0 Å². The molecule has 3 heteroatoms. The number of hydrogen-bond acceptors (Lipinski definition) is 2. The predicted octanol–water partition coefficient (Wildman–Crippen LogP) is 3.48. The van der Waals surface area contributed by atoms with E-state index >= 15 is 0 Å². The minimum atomic E-state index is 0.126. The average Bonchev–Trinajstić information content (AvgIpc) is 2.58. The highest BCUT2D eigenvalue weighted by Crippen LogP contribution is 2.34. The molecule has 0 fully saturated rings. The number of carbonyl (C=O) groups excluding carboxylic acids is 1. The number of fused-ring (bicyclic) bond motifs is 1. The van der Waals surface area contributed by atoms with Gasteiger partial charge in [0, 0.05) is 18.7 Å². The van der Waals surface area contributed by atoms with E-state index in [2.05, 4.69) is 5.32 Å². The molecule has 0 bridgehead atoms. The quantitative estimate of drug-likeness (QED) is 0.842. The topological polar surface area (TPSA) is 32.3 Å². The van der Waals surface area contributed by atoms with Gasteiger partial charge in [-0.05, 0) is 31.2 Å². The second-order valence-corrected chi connectivity index (χ2v) is 4.76. The summed E-state index contributed by atoms with van der Waals surface area (Å²) in [6.45, 7) is 2.72. The second kappa shape index (κ2) is 4.76. The van der Waals surface area contributed by atoms with Crippen molar-refractivity contribution >= 4 is 23.0 Å². The Hall–Kier alpha value is -2.29. The molecule has 19 heavy (non-hydrogen) atoms. The van der Waals surface area contributed by atoms with Gasteiger partial charge in [0.05, 0.1) is 11.4 Å². The molecule has 0 saturated carbocycles. The van der Waals surface area contributed by atoms with Crippen LogP contribution in [0, 0.1) is 6.92 Å². The van der Waals surface area contributed by atoms with Gasteiger partial charge in [0.1, 0.15) is 0 Å². The van der Waals surface area contributed by atoms with E-state index in [1.165, 1.54) is 5.56 Å². The van der Waals surface area contributed by atoms with E-state index in [-0.39, 0.29) is 5.91 Å². The fourth-order valence-corrected chi connectivity index (χ4v) is 2.35. The molecule has 0 unspecified atom stereocenters. The molecular formula is C16H16N2O. The summed E-state index contributed by atoms with van der Waals surface area (Å²) in [5, 5.41) is 3.30. The van der Waals surface area contributed by atoms with Crippen LogP contribution in [0.2, 0.25) is 0 Å². The zero-order valence-corrected chi connectivity index (χ0v) is 10.9. The third-order valence-corrected chi connectivity index (χ3v) is 3.34. The summed E-state index contributed by atoms with van der Waals surface area (Å²) in [5.41, 5.74) is 4.05. The summed E-state index contributed by atoms with van der Waals surface area (Å²) in [6.07, 6.45) is 0.503. The molecule has 2 aromatic rings. The lowest BCUT2D eigenvalue weighted by atomic mass is 10.1. The molecular weight excluding hydrogens is 236 g/mol. The largest absolute Gasteiger partial charge is 0.383 e. The molecule has 3 nitrogen and oxygen atoms in total. The Kier molecular flexibility index (Phi) is 2.95. The molecule has 1 N–H and O–H groups in total. The van der Waals surface area contributed by atoms with E-state index in [0.717, 1.165) is 17.1 Å². The number of aryl methyl sites for hydroxylation is 1. The van der Waals surface area contributed by atoms with E-state index in [9.17, 15) is 4.79 Å². The third-order valence-electron chi connectivity index (χ3n) is 3.34. The number of nitrogens with zero attached hydrogens (tertiary/aromatic N) is 1. The zero-order valence-electron chi connectivity index (χ0n) is 10.9. The van der Waals surface area contributed by atoms with Crippen molar-refractivity contribution in [1.29, 1.82) is 0 Å². The number of para-hydroxylation sites is 2. The van der Waals surface area contributed by atoms with Crippen LogP contribution in [0.3, 0.4) is 0 Å². The number of carbonyl (C=O) groups is 1. The number of benzene rings is 2. The summed E-state index contributed by atoms with van der Waals surface area (Å²) in [7, 11) is 0. The van der Waals surface area contributed by atoms with Gasteiger partial charge in [0.25, 0.3) is 0 Å². The van der Waals surface area contributed by atoms with Gasteiger partial charge in [0.15, 0.2) is 0 Å². The Morgan fingerprint density at radius 2 is 1.79 bits per heavy atom. The average molecular weight is 252 g/mol. The molecule has 1 aliphatic heterocycles. The number of anilines is 3. The fraction of sp³-hybridized carbons (Fsp3) is 0.188. The molecule has 1 aliphatic rings. The van der Waals surface area contributed by atoms with Crippen LogP contribution < -0.4 is 10.2 Å². The van der Waals surface area contributed by atoms with Gasteiger partial charge in [-0.25, -0.2) is 0 Å². The van der Waals surface area contributed by atoms with Gasteiger partial charge in [0.2, 0.25) is 5.91 Å². The Labute approximate surface area is 112 Å². The van der Waals surface area contributed by atoms with Gasteiger partial charge >= 0.3 is 0 Å². The summed E-state index contributed by atoms with van der Waals surface area (Å²) < 4.78 is 0. The van der Waals surface area contributed by atoms with Gasteiger partial charge in [-0.3, -0.25) is 9.69 Å². The van der Waals surface area contributed by atoms with E-state index in [1.54, 1.807) is 4.90 Å². The van der Waals surface area contributed by atoms with Crippen molar-refractivity contribution in [1.82, 2.24) is 0 Å². The van der Waals surface area contributed by atoms with Crippen LogP contribution in [0.5, 0.6) is 0 Å². The lowest BCUT2D eigenvalue weighted by Gasteiger charge is -2.22. The van der Waals surface area contributed by atoms with Crippen LogP contribution in [0.25, 0.3) is 0 Å². The molecule has 1 heterocycles. The first-order valence-electron chi connectivity index (χ1n) is 6.48. The molecule has 0 atom stereocenters. The Morgan fingerprint density at radius 3 is 2.58 bits per heavy atom. The van der Waals surface area contributed by atoms with E-state index in [1.807, 2.05) is 55.5 Å². The number of rotatable bonds is 1. The molecule has 0 aromatic heterocycles. The lowest BCUT2D eigenvalue weighted by molar-refractivity contribution is -0.117. The zero-order chi connectivity index (χ0) is 13.2. The first kappa shape index (κ1) is 11.8. The van der Waals surface area contributed by atoms with Crippen molar-refractivity contribution in [3.05, 3.63) is 54.1 Å². The van der Waals surface area contributed by atoms with E-state index in [4.69, 9.17) is 0 Å². The van der Waals surface area contributed by atoms with Crippen LogP contribution in [0.1, 0.15) is 12.0 Å². The van der Waals surface area contributed by atoms with Crippen molar-refractivity contribution in [3.63, 3.8) is 0 Å². The summed E-state index contributed by atoms with van der Waals surface area (Å²) in [6, 6.07) is 16.0. The maximum atomic E-state index is 12.3. The smallest absolute Gasteiger partial charge is 0.233 e. The molecule has 0 spiro atoms. The molecule has 0 radical (unpaired) electrons. The molecule has 0 saturated heterocycles. The molecule has 1 amide bonds. The standard InChI is InChI=1S/C16H16N2O/c1-12-6-8-13(9-7-12)18-15-5-3-2-4-14(15)17-11-10-16(18)19/h2-9,17H,10-11H2,1H3. The molecule has 3 rings (SSSR count). The minimum Gasteiger partial charge on any atom is -0.383 e. The first-order valence-corrected chi connectivity index (χ1v) is 6.48. The molecule has 96 valence electrons. The van der Waals surface area contributed by atoms with Crippen LogP contribution in [-0.4, -0.2) is 12.5 Å². The van der Waals surface area contributed by atoms with Crippen molar-refractivity contribution in [2.45, 2.75) is 13.3 Å². The third kappa shape index (κ3) is 2.19. The molecule has 2 aromatic carbocycles. The Bertz CT molecular complexity index is 604. The van der Waals surface area contributed by atoms with Crippen LogP contribution >= 0.6 is 0 Å². The fourth-order valence-electron chi connectivity index (χ4n) is 2.35. The number of nitrogens with one attached hydrogen (secondary N) is 1. The molecule has 0 aliphatic carbocycles. The van der Waals surface area contributed by atoms with Crippen LogP contribution in [0.15, 0.2) is 48.5 Å². The lowest BCUT2D eigenvalue weighted by Crippen LogP contribution is -2.24. The van der Waals surface area contributed by atoms with Gasteiger partial charge in [-0.2, -0.15) is 0 Å². The van der Waals surface area contributed by atoms with Crippen LogP contribution in [-0.2, 0) is 4.79 Å². The number of hydrogen-bond donors (Lipinski definition) is 1. The van der Waals surface area contributed by atoms with Crippen molar-refractivity contribution in [2.24, 2.45) is 0 Å². The predicted molar refractivity (Wildman–Crippen MR) is 77.9 cm³/mol. The van der Waals surface area contributed by atoms with Gasteiger partial charge in [-0.15, -0.1) is 0 Å². The number of amides is 1. The first-order chi connectivity index (χ1) is 9.25. The van der Waals surface area contributed by atoms with Gasteiger partial charge < -0.3 is 5.32 Å². The Balaban J connectivity index is 2.12. The highest BCUT2D eigenvalue weighted by Gasteiger charge is 2.22. The van der Waals surface area contributed by atoms with E-state index in [0.29, 0.717) is 13.0 Å². The monoisotopic (exact) mass is 252 g/mol. The SMILES string of the molecule is Cc1ccc(N2C(=O)CCNc3ccccc32)cc1. The van der Waals surface area contributed by atoms with Crippen molar-refractivity contribution in [2.75, 3.05) is 16.8 Å². The van der Waals surface area contributed by atoms with Crippen LogP contribution in [0.4, 0.5) is 17.1 Å². The van der Waals surface area contributed by atoms with Crippen molar-refractivity contribution in [3.8, 4) is 0 Å². The maximum Gasteiger partial charge on any atom is 0.233 e. The van der Waals surface area contributed by atoms with Gasteiger partial charge in [-0.1, -0.05) is 29.8 Å². The Morgan fingerprint density at radius 1 is 1.05 bits per heavy atom. The minimum absolute atomic E-state index is 0.126. The maximum absolute atomic E-state index is 12.3. The van der Waals surface area contributed by atoms with Crippen molar-refractivity contribution < 1.29 is 4.79 Å². The summed E-state index contributed by atoms with van der Waals surface area (Å²) >= 11 is 0. The highest BCUT2D eigenvalue weighted by molar-refractivity contribution is 6.04. The summed E-state index contributed by atoms with van der Waals surface area (Å²) in [4.78, 5) is 14.1. The summed E-state index contributed by atoms with van der Waals surface area (Å²) in [5.74, 6) is 0.126. The highest BCUT2D eigenvalue weighted by atomic mass is 16.2. The second-order valence-electron chi connectivity index (χ2n) is 4.76. The normalized spacial score (nSPS) is 14.6.